The number of amides is 1. The lowest BCUT2D eigenvalue weighted by molar-refractivity contribution is 0.0997. The fourth-order valence-electron chi connectivity index (χ4n) is 3.58. The fourth-order valence-corrected chi connectivity index (χ4v) is 4.59. The van der Waals surface area contributed by atoms with Gasteiger partial charge in [-0.2, -0.15) is 14.5 Å². The van der Waals surface area contributed by atoms with E-state index in [-0.39, 0.29) is 16.3 Å². The molecule has 0 fully saturated rings. The minimum atomic E-state index is -0.752. The molecule has 5 aromatic rings. The van der Waals surface area contributed by atoms with Gasteiger partial charge in [-0.25, -0.2) is 0 Å². The van der Waals surface area contributed by atoms with Crippen molar-refractivity contribution in [2.24, 2.45) is 5.73 Å². The standard InChI is InChI=1S/C25H22ClN7O4S/c26-18-12-16(11-17(22(18)34)23(28)35)38-32-15-7-5-14(6-8-15)3-1-10-37-21-13-20(27)33-25(29-21)30-24(31-33)19-4-2-9-36-19/h2,4-9,11-13,32,34H,1,3,10,27H2,(H2,28,35). The van der Waals surface area contributed by atoms with Gasteiger partial charge in [0, 0.05) is 16.6 Å². The zero-order valence-corrected chi connectivity index (χ0v) is 21.4. The first-order valence-corrected chi connectivity index (χ1v) is 12.6. The van der Waals surface area contributed by atoms with Crippen molar-refractivity contribution in [2.45, 2.75) is 17.7 Å². The number of hydrogen-bond donors (Lipinski definition) is 4. The molecule has 0 radical (unpaired) electrons. The summed E-state index contributed by atoms with van der Waals surface area (Å²) in [5, 5.41) is 14.2. The number of rotatable bonds is 10. The molecule has 0 aliphatic heterocycles. The van der Waals surface area contributed by atoms with E-state index in [4.69, 9.17) is 32.2 Å². The van der Waals surface area contributed by atoms with Crippen LogP contribution in [0.4, 0.5) is 11.5 Å². The maximum absolute atomic E-state index is 11.5. The van der Waals surface area contributed by atoms with Gasteiger partial charge in [-0.3, -0.25) is 4.79 Å². The molecule has 3 heterocycles. The van der Waals surface area contributed by atoms with Crippen molar-refractivity contribution in [1.29, 1.82) is 0 Å². The Balaban J connectivity index is 1.12. The number of hydrogen-bond acceptors (Lipinski definition) is 10. The van der Waals surface area contributed by atoms with Gasteiger partial charge in [0.1, 0.15) is 11.6 Å². The van der Waals surface area contributed by atoms with Crippen LogP contribution in [0.1, 0.15) is 22.3 Å². The lowest BCUT2D eigenvalue weighted by Gasteiger charge is -2.10. The Labute approximate surface area is 225 Å². The molecule has 0 bridgehead atoms. The lowest BCUT2D eigenvalue weighted by Crippen LogP contribution is -2.11. The summed E-state index contributed by atoms with van der Waals surface area (Å²) in [6, 6.07) is 16.1. The average Bonchev–Trinajstić information content (AvgIpc) is 3.58. The molecule has 13 heteroatoms. The summed E-state index contributed by atoms with van der Waals surface area (Å²) in [5.74, 6) is 0.902. The summed E-state index contributed by atoms with van der Waals surface area (Å²) in [6.07, 6.45) is 3.11. The molecule has 0 spiro atoms. The number of aryl methyl sites for hydroxylation is 1. The number of nitrogens with two attached hydrogens (primary N) is 2. The van der Waals surface area contributed by atoms with E-state index in [1.807, 2.05) is 24.3 Å². The molecule has 0 aliphatic carbocycles. The predicted molar refractivity (Wildman–Crippen MR) is 144 cm³/mol. The van der Waals surface area contributed by atoms with E-state index in [1.165, 1.54) is 22.5 Å². The van der Waals surface area contributed by atoms with Gasteiger partial charge in [-0.05, 0) is 66.8 Å². The third kappa shape index (κ3) is 5.61. The Kier molecular flexibility index (Phi) is 7.24. The predicted octanol–water partition coefficient (Wildman–Crippen LogP) is 4.56. The number of nitrogen functional groups attached to an aromatic ring is 1. The first-order chi connectivity index (χ1) is 18.4. The number of ether oxygens (including phenoxy) is 1. The van der Waals surface area contributed by atoms with Crippen LogP contribution in [0.3, 0.4) is 0 Å². The Morgan fingerprint density at radius 2 is 2.00 bits per heavy atom. The minimum absolute atomic E-state index is 0.0303. The van der Waals surface area contributed by atoms with Crippen LogP contribution >= 0.6 is 23.5 Å². The summed E-state index contributed by atoms with van der Waals surface area (Å²) in [4.78, 5) is 20.9. The number of aromatic nitrogens is 4. The molecule has 2 aromatic carbocycles. The third-order valence-corrected chi connectivity index (χ3v) is 6.56. The van der Waals surface area contributed by atoms with Gasteiger partial charge in [-0.1, -0.05) is 23.7 Å². The molecule has 38 heavy (non-hydrogen) atoms. The zero-order chi connectivity index (χ0) is 26.6. The van der Waals surface area contributed by atoms with E-state index in [9.17, 15) is 9.90 Å². The molecular formula is C25H22ClN7O4S. The molecule has 3 aromatic heterocycles. The van der Waals surface area contributed by atoms with Gasteiger partial charge >= 0.3 is 0 Å². The van der Waals surface area contributed by atoms with E-state index >= 15 is 0 Å². The second-order valence-corrected chi connectivity index (χ2v) is 9.45. The fraction of sp³-hybridized carbons (Fsp3) is 0.120. The van der Waals surface area contributed by atoms with Crippen LogP contribution in [0.5, 0.6) is 11.6 Å². The second kappa shape index (κ2) is 10.9. The highest BCUT2D eigenvalue weighted by Gasteiger charge is 2.14. The molecule has 5 rings (SSSR count). The summed E-state index contributed by atoms with van der Waals surface area (Å²) in [7, 11) is 0. The summed E-state index contributed by atoms with van der Waals surface area (Å²) < 4.78 is 15.7. The number of primary amides is 1. The topological polar surface area (TPSA) is 167 Å². The number of nitrogens with one attached hydrogen (secondary N) is 1. The quantitative estimate of drug-likeness (QED) is 0.143. The normalized spacial score (nSPS) is 11.1. The van der Waals surface area contributed by atoms with Crippen LogP contribution in [0.2, 0.25) is 5.02 Å². The van der Waals surface area contributed by atoms with Crippen molar-refractivity contribution in [3.8, 4) is 23.2 Å². The number of anilines is 2. The molecule has 0 atom stereocenters. The van der Waals surface area contributed by atoms with Gasteiger partial charge in [0.25, 0.3) is 11.7 Å². The number of fused-ring (bicyclic) bond motifs is 1. The largest absolute Gasteiger partial charge is 0.506 e. The highest BCUT2D eigenvalue weighted by molar-refractivity contribution is 8.00. The summed E-state index contributed by atoms with van der Waals surface area (Å²) >= 11 is 7.24. The first kappa shape index (κ1) is 25.2. The molecule has 0 saturated carbocycles. The van der Waals surface area contributed by atoms with Gasteiger partial charge in [-0.15, -0.1) is 5.10 Å². The maximum Gasteiger partial charge on any atom is 0.258 e. The van der Waals surface area contributed by atoms with E-state index in [2.05, 4.69) is 19.8 Å². The number of nitrogens with zero attached hydrogens (tertiary/aromatic N) is 4. The molecule has 1 amide bonds. The van der Waals surface area contributed by atoms with Crippen molar-refractivity contribution < 1.29 is 19.1 Å². The third-order valence-electron chi connectivity index (χ3n) is 5.46. The van der Waals surface area contributed by atoms with Crippen molar-refractivity contribution in [1.82, 2.24) is 19.6 Å². The Morgan fingerprint density at radius 1 is 1.18 bits per heavy atom. The number of halogens is 1. The Bertz CT molecular complexity index is 1590. The van der Waals surface area contributed by atoms with E-state index < -0.39 is 5.91 Å². The van der Waals surface area contributed by atoms with Crippen LogP contribution in [0.25, 0.3) is 17.4 Å². The van der Waals surface area contributed by atoms with Crippen LogP contribution in [0.15, 0.2) is 70.2 Å². The minimum Gasteiger partial charge on any atom is -0.506 e. The van der Waals surface area contributed by atoms with Crippen molar-refractivity contribution in [3.05, 3.63) is 77.0 Å². The number of carbonyl (C=O) groups excluding carboxylic acids is 1. The number of phenols is 1. The van der Waals surface area contributed by atoms with Crippen molar-refractivity contribution in [3.63, 3.8) is 0 Å². The van der Waals surface area contributed by atoms with Crippen molar-refractivity contribution >= 4 is 46.7 Å². The maximum atomic E-state index is 11.5. The van der Waals surface area contributed by atoms with Gasteiger partial charge in [0.2, 0.25) is 11.7 Å². The zero-order valence-electron chi connectivity index (χ0n) is 19.8. The lowest BCUT2D eigenvalue weighted by atomic mass is 10.1. The molecule has 194 valence electrons. The van der Waals surface area contributed by atoms with Crippen LogP contribution in [-0.2, 0) is 6.42 Å². The van der Waals surface area contributed by atoms with E-state index in [0.29, 0.717) is 40.6 Å². The number of benzene rings is 2. The molecule has 0 saturated heterocycles. The van der Waals surface area contributed by atoms with Crippen molar-refractivity contribution in [2.75, 3.05) is 17.1 Å². The SMILES string of the molecule is NC(=O)c1cc(SNc2ccc(CCCOc3cc(N)n4nc(-c5ccco5)nc4n3)cc2)cc(Cl)c1O. The monoisotopic (exact) mass is 551 g/mol. The van der Waals surface area contributed by atoms with Gasteiger partial charge < -0.3 is 30.4 Å². The smallest absolute Gasteiger partial charge is 0.258 e. The highest BCUT2D eigenvalue weighted by atomic mass is 35.5. The summed E-state index contributed by atoms with van der Waals surface area (Å²) in [6.45, 7) is 0.446. The molecule has 6 N–H and O–H groups in total. The molecular weight excluding hydrogens is 530 g/mol. The van der Waals surface area contributed by atoms with E-state index in [1.54, 1.807) is 30.5 Å². The molecule has 0 aliphatic rings. The second-order valence-electron chi connectivity index (χ2n) is 8.16. The highest BCUT2D eigenvalue weighted by Crippen LogP contribution is 2.33. The van der Waals surface area contributed by atoms with Crippen LogP contribution in [-0.4, -0.2) is 37.2 Å². The number of carbonyl (C=O) groups is 1. The first-order valence-electron chi connectivity index (χ1n) is 11.4. The molecule has 0 unspecified atom stereocenters. The number of furan rings is 1. The van der Waals surface area contributed by atoms with E-state index in [0.717, 1.165) is 24.1 Å². The number of aromatic hydroxyl groups is 1. The van der Waals surface area contributed by atoms with Crippen LogP contribution in [0, 0.1) is 0 Å². The Hall–Kier alpha value is -4.42. The van der Waals surface area contributed by atoms with Gasteiger partial charge in [0.05, 0.1) is 23.5 Å². The Morgan fingerprint density at radius 3 is 2.74 bits per heavy atom. The average molecular weight is 552 g/mol. The summed E-state index contributed by atoms with van der Waals surface area (Å²) in [5.41, 5.74) is 13.3. The molecule has 11 nitrogen and oxygen atoms in total. The van der Waals surface area contributed by atoms with Gasteiger partial charge in [0.15, 0.2) is 5.76 Å². The van der Waals surface area contributed by atoms with Crippen LogP contribution < -0.4 is 20.9 Å².